The molecule has 0 fully saturated rings. The van der Waals surface area contributed by atoms with E-state index in [0.29, 0.717) is 5.56 Å². The van der Waals surface area contributed by atoms with Crippen LogP contribution in [-0.4, -0.2) is 21.4 Å². The number of para-hydroxylation sites is 1. The highest BCUT2D eigenvalue weighted by atomic mass is 32.2. The van der Waals surface area contributed by atoms with E-state index in [4.69, 9.17) is 5.26 Å². The van der Waals surface area contributed by atoms with E-state index in [2.05, 4.69) is 11.1 Å². The highest BCUT2D eigenvalue weighted by Gasteiger charge is 2.13. The fourth-order valence-electron chi connectivity index (χ4n) is 1.59. The Bertz CT molecular complexity index is 604. The highest BCUT2D eigenvalue weighted by molar-refractivity contribution is 7.99. The summed E-state index contributed by atoms with van der Waals surface area (Å²) in [6, 6.07) is 11.6. The van der Waals surface area contributed by atoms with Gasteiger partial charge < -0.3 is 5.11 Å². The SMILES string of the molecule is CC(O)C(C)Sc1cc(C#N)c2ccccc2n1. The average Bonchev–Trinajstić information content (AvgIpc) is 2.37. The van der Waals surface area contributed by atoms with Crippen molar-refractivity contribution in [1.29, 1.82) is 5.26 Å². The molecule has 2 atom stereocenters. The Morgan fingerprint density at radius 2 is 2.06 bits per heavy atom. The van der Waals surface area contributed by atoms with Gasteiger partial charge in [-0.3, -0.25) is 0 Å². The lowest BCUT2D eigenvalue weighted by Crippen LogP contribution is -2.15. The molecule has 0 saturated carbocycles. The van der Waals surface area contributed by atoms with E-state index >= 15 is 0 Å². The van der Waals surface area contributed by atoms with Gasteiger partial charge in [-0.15, -0.1) is 11.8 Å². The molecule has 0 spiro atoms. The number of hydrogen-bond donors (Lipinski definition) is 1. The fourth-order valence-corrected chi connectivity index (χ4v) is 2.51. The van der Waals surface area contributed by atoms with Gasteiger partial charge in [-0.2, -0.15) is 5.26 Å². The molecule has 0 radical (unpaired) electrons. The zero-order chi connectivity index (χ0) is 13.1. The predicted molar refractivity (Wildman–Crippen MR) is 73.5 cm³/mol. The van der Waals surface area contributed by atoms with Gasteiger partial charge in [0.2, 0.25) is 0 Å². The third-order valence-electron chi connectivity index (χ3n) is 2.80. The van der Waals surface area contributed by atoms with Gasteiger partial charge >= 0.3 is 0 Å². The minimum absolute atomic E-state index is 0.0465. The summed E-state index contributed by atoms with van der Waals surface area (Å²) in [7, 11) is 0. The summed E-state index contributed by atoms with van der Waals surface area (Å²) >= 11 is 1.48. The molecule has 0 saturated heterocycles. The van der Waals surface area contributed by atoms with Crippen molar-refractivity contribution >= 4 is 22.7 Å². The Balaban J connectivity index is 2.45. The molecular formula is C14H14N2OS. The van der Waals surface area contributed by atoms with E-state index in [1.54, 1.807) is 13.0 Å². The summed E-state index contributed by atoms with van der Waals surface area (Å²) in [6.45, 7) is 3.70. The number of aliphatic hydroxyl groups excluding tert-OH is 1. The van der Waals surface area contributed by atoms with E-state index in [9.17, 15) is 5.11 Å². The van der Waals surface area contributed by atoms with Gasteiger partial charge in [0, 0.05) is 10.6 Å². The van der Waals surface area contributed by atoms with E-state index in [1.165, 1.54) is 11.8 Å². The maximum absolute atomic E-state index is 9.51. The van der Waals surface area contributed by atoms with Gasteiger partial charge in [-0.25, -0.2) is 4.98 Å². The van der Waals surface area contributed by atoms with Gasteiger partial charge in [0.1, 0.15) is 0 Å². The predicted octanol–water partition coefficient (Wildman–Crippen LogP) is 2.97. The largest absolute Gasteiger partial charge is 0.392 e. The number of rotatable bonds is 3. The number of thioether (sulfide) groups is 1. The van der Waals surface area contributed by atoms with Crippen LogP contribution in [0.1, 0.15) is 19.4 Å². The molecule has 2 rings (SSSR count). The van der Waals surface area contributed by atoms with Crippen LogP contribution in [0.15, 0.2) is 35.4 Å². The van der Waals surface area contributed by atoms with Crippen LogP contribution in [0.5, 0.6) is 0 Å². The molecule has 18 heavy (non-hydrogen) atoms. The quantitative estimate of drug-likeness (QED) is 0.860. The van der Waals surface area contributed by atoms with Crippen molar-refractivity contribution in [3.8, 4) is 6.07 Å². The smallest absolute Gasteiger partial charge is 0.0999 e. The molecule has 1 heterocycles. The van der Waals surface area contributed by atoms with Crippen LogP contribution < -0.4 is 0 Å². The third-order valence-corrected chi connectivity index (χ3v) is 4.02. The second kappa shape index (κ2) is 5.38. The van der Waals surface area contributed by atoms with Gasteiger partial charge in [-0.05, 0) is 19.1 Å². The second-order valence-electron chi connectivity index (χ2n) is 4.20. The van der Waals surface area contributed by atoms with Crippen LogP contribution in [0.2, 0.25) is 0 Å². The lowest BCUT2D eigenvalue weighted by Gasteiger charge is -2.13. The minimum Gasteiger partial charge on any atom is -0.392 e. The van der Waals surface area contributed by atoms with E-state index in [0.717, 1.165) is 15.9 Å². The van der Waals surface area contributed by atoms with Crippen molar-refractivity contribution in [2.45, 2.75) is 30.2 Å². The standard InChI is InChI=1S/C14H14N2OS/c1-9(17)10(2)18-14-7-11(8-15)12-5-3-4-6-13(12)16-14/h3-7,9-10,17H,1-2H3. The van der Waals surface area contributed by atoms with Crippen LogP contribution in [0.4, 0.5) is 0 Å². The molecule has 4 heteroatoms. The number of hydrogen-bond acceptors (Lipinski definition) is 4. The van der Waals surface area contributed by atoms with Crippen LogP contribution in [0, 0.1) is 11.3 Å². The van der Waals surface area contributed by atoms with Gasteiger partial charge in [0.15, 0.2) is 0 Å². The van der Waals surface area contributed by atoms with Crippen molar-refractivity contribution in [3.05, 3.63) is 35.9 Å². The zero-order valence-electron chi connectivity index (χ0n) is 10.3. The first kappa shape index (κ1) is 12.9. The lowest BCUT2D eigenvalue weighted by atomic mass is 10.1. The molecule has 1 aromatic heterocycles. The summed E-state index contributed by atoms with van der Waals surface area (Å²) in [6.07, 6.45) is -0.409. The normalized spacial score (nSPS) is 14.1. The zero-order valence-corrected chi connectivity index (χ0v) is 11.1. The number of fused-ring (bicyclic) bond motifs is 1. The molecule has 0 aliphatic heterocycles. The first-order valence-corrected chi connectivity index (χ1v) is 6.64. The number of pyridine rings is 1. The molecule has 0 bridgehead atoms. The van der Waals surface area contributed by atoms with Crippen molar-refractivity contribution in [2.24, 2.45) is 0 Å². The van der Waals surface area contributed by atoms with Crippen molar-refractivity contribution in [2.75, 3.05) is 0 Å². The summed E-state index contributed by atoms with van der Waals surface area (Å²) < 4.78 is 0. The molecule has 1 aromatic carbocycles. The van der Waals surface area contributed by atoms with Crippen molar-refractivity contribution < 1.29 is 5.11 Å². The van der Waals surface area contributed by atoms with Crippen LogP contribution >= 0.6 is 11.8 Å². The molecule has 0 amide bonds. The third kappa shape index (κ3) is 2.63. The Morgan fingerprint density at radius 3 is 2.72 bits per heavy atom. The van der Waals surface area contributed by atoms with Crippen LogP contribution in [0.25, 0.3) is 10.9 Å². The van der Waals surface area contributed by atoms with Gasteiger partial charge in [0.05, 0.1) is 28.3 Å². The Morgan fingerprint density at radius 1 is 1.33 bits per heavy atom. The first-order valence-electron chi connectivity index (χ1n) is 5.76. The lowest BCUT2D eigenvalue weighted by molar-refractivity contribution is 0.196. The summed E-state index contributed by atoms with van der Waals surface area (Å²) in [5.74, 6) is 0. The molecule has 2 unspecified atom stereocenters. The van der Waals surface area contributed by atoms with E-state index < -0.39 is 6.10 Å². The second-order valence-corrected chi connectivity index (χ2v) is 5.60. The maximum Gasteiger partial charge on any atom is 0.0999 e. The Hall–Kier alpha value is -1.57. The number of nitrogens with zero attached hydrogens (tertiary/aromatic N) is 2. The molecule has 92 valence electrons. The fraction of sp³-hybridized carbons (Fsp3) is 0.286. The summed E-state index contributed by atoms with van der Waals surface area (Å²) in [5.41, 5.74) is 1.44. The minimum atomic E-state index is -0.409. The topological polar surface area (TPSA) is 56.9 Å². The summed E-state index contributed by atoms with van der Waals surface area (Å²) in [5, 5.41) is 20.4. The van der Waals surface area contributed by atoms with Crippen LogP contribution in [-0.2, 0) is 0 Å². The van der Waals surface area contributed by atoms with Crippen molar-refractivity contribution in [1.82, 2.24) is 4.98 Å². The van der Waals surface area contributed by atoms with Crippen LogP contribution in [0.3, 0.4) is 0 Å². The molecular weight excluding hydrogens is 244 g/mol. The van der Waals surface area contributed by atoms with E-state index in [-0.39, 0.29) is 5.25 Å². The maximum atomic E-state index is 9.51. The van der Waals surface area contributed by atoms with E-state index in [1.807, 2.05) is 31.2 Å². The molecule has 1 N–H and O–H groups in total. The number of aromatic nitrogens is 1. The molecule has 0 aliphatic carbocycles. The number of nitriles is 1. The van der Waals surface area contributed by atoms with Gasteiger partial charge in [-0.1, -0.05) is 25.1 Å². The Labute approximate surface area is 110 Å². The number of benzene rings is 1. The highest BCUT2D eigenvalue weighted by Crippen LogP contribution is 2.27. The summed E-state index contributed by atoms with van der Waals surface area (Å²) in [4.78, 5) is 4.51. The molecule has 0 aliphatic rings. The average molecular weight is 258 g/mol. The number of aliphatic hydroxyl groups is 1. The first-order chi connectivity index (χ1) is 8.61. The Kier molecular flexibility index (Phi) is 3.85. The molecule has 2 aromatic rings. The van der Waals surface area contributed by atoms with Crippen molar-refractivity contribution in [3.63, 3.8) is 0 Å². The van der Waals surface area contributed by atoms with Gasteiger partial charge in [0.25, 0.3) is 0 Å². The molecule has 3 nitrogen and oxygen atoms in total. The monoisotopic (exact) mass is 258 g/mol.